The molecule has 2 atom stereocenters. The molecule has 0 saturated carbocycles. The molecule has 3 heterocycles. The van der Waals surface area contributed by atoms with Gasteiger partial charge in [0.05, 0.1) is 23.8 Å². The second kappa shape index (κ2) is 10.7. The van der Waals surface area contributed by atoms with Crippen LogP contribution in [0.3, 0.4) is 0 Å². The molecule has 3 aliphatic rings. The SMILES string of the molecule is CN1CCC2(CC1)OC(=O)c1ccc(-c3ccc(C[C@@H](C#N)NCC4CNCCCO4)c(F)c3)cc12. The molecule has 1 spiro atoms. The molecule has 2 N–H and O–H groups in total. The molecule has 0 aliphatic carbocycles. The van der Waals surface area contributed by atoms with Gasteiger partial charge in [-0.2, -0.15) is 5.26 Å². The number of benzene rings is 2. The fourth-order valence-corrected chi connectivity index (χ4v) is 5.37. The van der Waals surface area contributed by atoms with Gasteiger partial charge in [-0.05, 0) is 54.9 Å². The third-order valence-electron chi connectivity index (χ3n) is 7.59. The van der Waals surface area contributed by atoms with Crippen molar-refractivity contribution in [3.8, 4) is 17.2 Å². The van der Waals surface area contributed by atoms with Crippen LogP contribution in [0.15, 0.2) is 36.4 Å². The predicted molar refractivity (Wildman–Crippen MR) is 134 cm³/mol. The molecule has 0 amide bonds. The highest BCUT2D eigenvalue weighted by molar-refractivity contribution is 5.95. The number of hydrogen-bond donors (Lipinski definition) is 2. The van der Waals surface area contributed by atoms with Crippen LogP contribution in [0.5, 0.6) is 0 Å². The summed E-state index contributed by atoms with van der Waals surface area (Å²) in [5.41, 5.74) is 3.01. The number of halogens is 1. The lowest BCUT2D eigenvalue weighted by Gasteiger charge is -2.37. The molecule has 1 unspecified atom stereocenters. The number of piperidine rings is 1. The molecule has 7 nitrogen and oxygen atoms in total. The lowest BCUT2D eigenvalue weighted by Crippen LogP contribution is -2.41. The predicted octanol–water partition coefficient (Wildman–Crippen LogP) is 2.99. The molecule has 8 heteroatoms. The number of carbonyl (C=O) groups excluding carboxylic acids is 1. The van der Waals surface area contributed by atoms with Gasteiger partial charge in [-0.15, -0.1) is 0 Å². The molecule has 2 saturated heterocycles. The maximum Gasteiger partial charge on any atom is 0.339 e. The zero-order valence-electron chi connectivity index (χ0n) is 20.7. The minimum absolute atomic E-state index is 0.000833. The molecule has 5 rings (SSSR count). The summed E-state index contributed by atoms with van der Waals surface area (Å²) in [5.74, 6) is -0.619. The molecule has 0 bridgehead atoms. The monoisotopic (exact) mass is 492 g/mol. The zero-order valence-corrected chi connectivity index (χ0v) is 20.7. The van der Waals surface area contributed by atoms with Crippen LogP contribution < -0.4 is 10.6 Å². The number of nitriles is 1. The average Bonchev–Trinajstić information content (AvgIpc) is 3.03. The Balaban J connectivity index is 1.30. The Bertz CT molecular complexity index is 1150. The lowest BCUT2D eigenvalue weighted by atomic mass is 9.82. The van der Waals surface area contributed by atoms with Crippen molar-refractivity contribution in [2.24, 2.45) is 0 Å². The van der Waals surface area contributed by atoms with Crippen LogP contribution in [0.4, 0.5) is 4.39 Å². The molecule has 3 aliphatic heterocycles. The van der Waals surface area contributed by atoms with Crippen molar-refractivity contribution in [2.75, 3.05) is 46.4 Å². The number of ether oxygens (including phenoxy) is 2. The van der Waals surface area contributed by atoms with Gasteiger partial charge in [0.25, 0.3) is 0 Å². The van der Waals surface area contributed by atoms with E-state index >= 15 is 4.39 Å². The highest BCUT2D eigenvalue weighted by Gasteiger charge is 2.47. The number of fused-ring (bicyclic) bond motifs is 2. The maximum atomic E-state index is 15.2. The van der Waals surface area contributed by atoms with E-state index in [2.05, 4.69) is 28.7 Å². The van der Waals surface area contributed by atoms with Crippen molar-refractivity contribution in [1.29, 1.82) is 5.26 Å². The first-order valence-corrected chi connectivity index (χ1v) is 12.8. The van der Waals surface area contributed by atoms with Gasteiger partial charge in [0.1, 0.15) is 11.4 Å². The molecule has 190 valence electrons. The number of nitrogens with one attached hydrogen (secondary N) is 2. The van der Waals surface area contributed by atoms with E-state index in [1.54, 1.807) is 12.1 Å². The number of esters is 1. The summed E-state index contributed by atoms with van der Waals surface area (Å²) in [6.07, 6.45) is 2.75. The smallest absolute Gasteiger partial charge is 0.339 e. The van der Waals surface area contributed by atoms with E-state index in [1.807, 2.05) is 18.2 Å². The molecular formula is C28H33FN4O3. The maximum absolute atomic E-state index is 15.2. The van der Waals surface area contributed by atoms with Crippen LogP contribution in [-0.4, -0.2) is 69.4 Å². The van der Waals surface area contributed by atoms with E-state index < -0.39 is 11.6 Å². The van der Waals surface area contributed by atoms with E-state index in [1.165, 1.54) is 6.07 Å². The summed E-state index contributed by atoms with van der Waals surface area (Å²) in [6.45, 7) is 4.63. The lowest BCUT2D eigenvalue weighted by molar-refractivity contribution is -0.0394. The van der Waals surface area contributed by atoms with Crippen LogP contribution >= 0.6 is 0 Å². The number of likely N-dealkylation sites (tertiary alicyclic amines) is 1. The molecular weight excluding hydrogens is 459 g/mol. The average molecular weight is 493 g/mol. The summed E-state index contributed by atoms with van der Waals surface area (Å²) in [5, 5.41) is 16.1. The van der Waals surface area contributed by atoms with E-state index in [9.17, 15) is 10.1 Å². The second-order valence-corrected chi connectivity index (χ2v) is 10.1. The Hall–Kier alpha value is -2.83. The molecule has 2 fully saturated rings. The normalized spacial score (nSPS) is 22.5. The fourth-order valence-electron chi connectivity index (χ4n) is 5.37. The number of rotatable bonds is 6. The fraction of sp³-hybridized carbons (Fsp3) is 0.500. The Kier molecular flexibility index (Phi) is 7.35. The van der Waals surface area contributed by atoms with Crippen LogP contribution in [0, 0.1) is 17.1 Å². The van der Waals surface area contributed by atoms with Gasteiger partial charge in [0, 0.05) is 57.6 Å². The van der Waals surface area contributed by atoms with Crippen LogP contribution in [0.25, 0.3) is 11.1 Å². The second-order valence-electron chi connectivity index (χ2n) is 10.1. The molecule has 0 aromatic heterocycles. The minimum Gasteiger partial charge on any atom is -0.450 e. The number of hydrogen-bond acceptors (Lipinski definition) is 7. The Labute approximate surface area is 211 Å². The number of carbonyl (C=O) groups is 1. The Morgan fingerprint density at radius 2 is 2.03 bits per heavy atom. The van der Waals surface area contributed by atoms with Crippen LogP contribution in [0.1, 0.15) is 40.7 Å². The molecule has 2 aromatic rings. The van der Waals surface area contributed by atoms with E-state index in [-0.39, 0.29) is 24.3 Å². The quantitative estimate of drug-likeness (QED) is 0.600. The van der Waals surface area contributed by atoms with Gasteiger partial charge >= 0.3 is 5.97 Å². The van der Waals surface area contributed by atoms with Gasteiger partial charge in [0.15, 0.2) is 0 Å². The Morgan fingerprint density at radius 1 is 1.25 bits per heavy atom. The van der Waals surface area contributed by atoms with Gasteiger partial charge in [-0.1, -0.05) is 18.2 Å². The largest absolute Gasteiger partial charge is 0.450 e. The van der Waals surface area contributed by atoms with E-state index in [0.29, 0.717) is 24.3 Å². The first-order valence-electron chi connectivity index (χ1n) is 12.8. The third-order valence-corrected chi connectivity index (χ3v) is 7.59. The first kappa shape index (κ1) is 24.8. The van der Waals surface area contributed by atoms with E-state index in [4.69, 9.17) is 9.47 Å². The standard InChI is InChI=1S/C28H33FN4O3/c1-33-10-7-28(8-11-33)25-14-19(5-6-24(25)27(34)36-28)20-3-4-21(26(29)15-20)13-22(16-30)32-18-23-17-31-9-2-12-35-23/h3-6,14-15,22-23,31-32H,2,7-13,17-18H2,1H3/t22-,23?/m0/s1. The zero-order chi connectivity index (χ0) is 25.1. The van der Waals surface area contributed by atoms with Gasteiger partial charge in [0.2, 0.25) is 0 Å². The molecule has 36 heavy (non-hydrogen) atoms. The van der Waals surface area contributed by atoms with Crippen molar-refractivity contribution in [3.63, 3.8) is 0 Å². The summed E-state index contributed by atoms with van der Waals surface area (Å²) < 4.78 is 26.8. The van der Waals surface area contributed by atoms with Gasteiger partial charge in [-0.3, -0.25) is 5.32 Å². The topological polar surface area (TPSA) is 86.6 Å². The third kappa shape index (κ3) is 5.16. The minimum atomic E-state index is -0.588. The summed E-state index contributed by atoms with van der Waals surface area (Å²) in [4.78, 5) is 14.8. The van der Waals surface area contributed by atoms with Crippen LogP contribution in [-0.2, 0) is 21.5 Å². The highest BCUT2D eigenvalue weighted by Crippen LogP contribution is 2.45. The van der Waals surface area contributed by atoms with Gasteiger partial charge < -0.3 is 19.7 Å². The molecule has 0 radical (unpaired) electrons. The van der Waals surface area contributed by atoms with Crippen molar-refractivity contribution < 1.29 is 18.7 Å². The van der Waals surface area contributed by atoms with Gasteiger partial charge in [-0.25, -0.2) is 9.18 Å². The Morgan fingerprint density at radius 3 is 2.81 bits per heavy atom. The van der Waals surface area contributed by atoms with Crippen molar-refractivity contribution in [3.05, 3.63) is 58.9 Å². The molecule has 2 aromatic carbocycles. The first-order chi connectivity index (χ1) is 17.5. The highest BCUT2D eigenvalue weighted by atomic mass is 19.1. The summed E-state index contributed by atoms with van der Waals surface area (Å²) >= 11 is 0. The van der Waals surface area contributed by atoms with Crippen molar-refractivity contribution in [1.82, 2.24) is 15.5 Å². The van der Waals surface area contributed by atoms with E-state index in [0.717, 1.165) is 62.1 Å². The van der Waals surface area contributed by atoms with Crippen molar-refractivity contribution >= 4 is 5.97 Å². The summed E-state index contributed by atoms with van der Waals surface area (Å²) in [6, 6.07) is 12.5. The van der Waals surface area contributed by atoms with Crippen molar-refractivity contribution in [2.45, 2.75) is 43.4 Å². The summed E-state index contributed by atoms with van der Waals surface area (Å²) in [7, 11) is 2.07. The van der Waals surface area contributed by atoms with Crippen LogP contribution in [0.2, 0.25) is 0 Å². The number of nitrogens with zero attached hydrogens (tertiary/aromatic N) is 2.